The van der Waals surface area contributed by atoms with Gasteiger partial charge in [0.25, 0.3) is 0 Å². The van der Waals surface area contributed by atoms with Crippen LogP contribution in [0.2, 0.25) is 0 Å². The number of likely N-dealkylation sites (tertiary alicyclic amines) is 1. The first-order valence-electron chi connectivity index (χ1n) is 11.7. The number of hydrogen-bond acceptors (Lipinski definition) is 7. The molecule has 4 N–H and O–H groups in total. The van der Waals surface area contributed by atoms with Crippen molar-refractivity contribution >= 4 is 0 Å². The Balaban J connectivity index is 1.24. The van der Waals surface area contributed by atoms with Crippen LogP contribution in [0, 0.1) is 11.8 Å². The van der Waals surface area contributed by atoms with E-state index < -0.39 is 0 Å². The van der Waals surface area contributed by atoms with Crippen LogP contribution in [0.5, 0.6) is 0 Å². The molecule has 0 aromatic carbocycles. The fourth-order valence-corrected chi connectivity index (χ4v) is 5.68. The van der Waals surface area contributed by atoms with E-state index in [0.29, 0.717) is 18.1 Å². The highest BCUT2D eigenvalue weighted by molar-refractivity contribution is 4.92. The lowest BCUT2D eigenvalue weighted by Crippen LogP contribution is -2.54. The molecule has 3 aliphatic heterocycles. The molecule has 7 heteroatoms. The second kappa shape index (κ2) is 10.7. The molecule has 3 heterocycles. The first kappa shape index (κ1) is 21.0. The minimum Gasteiger partial charge on any atom is -0.383 e. The molecular weight excluding hydrogens is 354 g/mol. The third-order valence-corrected chi connectivity index (χ3v) is 7.26. The van der Waals surface area contributed by atoms with Crippen LogP contribution in [-0.4, -0.2) is 69.4 Å². The lowest BCUT2D eigenvalue weighted by atomic mass is 9.89. The van der Waals surface area contributed by atoms with E-state index in [1.807, 2.05) is 0 Å². The van der Waals surface area contributed by atoms with E-state index in [4.69, 9.17) is 9.57 Å². The molecule has 0 aromatic heterocycles. The molecular formula is C21H41N5O2. The SMILES string of the molecule is COCCNC1CC(C2NOC([C@H]3CCCN3CC3CCCCC3)N2)CCN1. The summed E-state index contributed by atoms with van der Waals surface area (Å²) >= 11 is 0. The molecule has 0 radical (unpaired) electrons. The van der Waals surface area contributed by atoms with Crippen LogP contribution in [0.15, 0.2) is 0 Å². The summed E-state index contributed by atoms with van der Waals surface area (Å²) in [7, 11) is 1.75. The van der Waals surface area contributed by atoms with Gasteiger partial charge in [0.1, 0.15) is 6.23 Å². The third kappa shape index (κ3) is 5.45. The van der Waals surface area contributed by atoms with Gasteiger partial charge in [-0.15, -0.1) is 0 Å². The summed E-state index contributed by atoms with van der Waals surface area (Å²) in [4.78, 5) is 8.81. The number of rotatable bonds is 8. The van der Waals surface area contributed by atoms with Crippen LogP contribution in [0.3, 0.4) is 0 Å². The lowest BCUT2D eigenvalue weighted by molar-refractivity contribution is -0.0272. The molecule has 3 saturated heterocycles. The van der Waals surface area contributed by atoms with Crippen molar-refractivity contribution in [1.82, 2.24) is 26.3 Å². The van der Waals surface area contributed by atoms with Crippen LogP contribution in [0.4, 0.5) is 0 Å². The summed E-state index contributed by atoms with van der Waals surface area (Å²) in [6.07, 6.45) is 12.8. The van der Waals surface area contributed by atoms with Crippen LogP contribution in [0.25, 0.3) is 0 Å². The predicted octanol–water partition coefficient (Wildman–Crippen LogP) is 1.37. The summed E-state index contributed by atoms with van der Waals surface area (Å²) in [6.45, 7) is 5.22. The minimum atomic E-state index is 0.130. The summed E-state index contributed by atoms with van der Waals surface area (Å²) < 4.78 is 5.16. The first-order valence-corrected chi connectivity index (χ1v) is 11.7. The smallest absolute Gasteiger partial charge is 0.146 e. The van der Waals surface area contributed by atoms with Crippen molar-refractivity contribution in [3.63, 3.8) is 0 Å². The minimum absolute atomic E-state index is 0.130. The average molecular weight is 396 g/mol. The van der Waals surface area contributed by atoms with Gasteiger partial charge in [-0.05, 0) is 63.5 Å². The molecule has 4 aliphatic rings. The van der Waals surface area contributed by atoms with Crippen molar-refractivity contribution in [2.24, 2.45) is 11.8 Å². The molecule has 4 unspecified atom stereocenters. The van der Waals surface area contributed by atoms with Crippen molar-refractivity contribution in [2.45, 2.75) is 82.4 Å². The molecule has 162 valence electrons. The Labute approximate surface area is 170 Å². The van der Waals surface area contributed by atoms with Crippen molar-refractivity contribution < 1.29 is 9.57 Å². The summed E-state index contributed by atoms with van der Waals surface area (Å²) in [6, 6.07) is 0.525. The van der Waals surface area contributed by atoms with Gasteiger partial charge < -0.3 is 10.1 Å². The molecule has 0 aromatic rings. The topological polar surface area (TPSA) is 69.8 Å². The molecule has 1 saturated carbocycles. The molecule has 0 amide bonds. The summed E-state index contributed by atoms with van der Waals surface area (Å²) in [5.74, 6) is 1.49. The highest BCUT2D eigenvalue weighted by atomic mass is 16.7. The maximum Gasteiger partial charge on any atom is 0.146 e. The van der Waals surface area contributed by atoms with E-state index in [0.717, 1.165) is 32.0 Å². The molecule has 1 aliphatic carbocycles. The zero-order valence-electron chi connectivity index (χ0n) is 17.6. The van der Waals surface area contributed by atoms with Crippen LogP contribution in [-0.2, 0) is 9.57 Å². The van der Waals surface area contributed by atoms with E-state index >= 15 is 0 Å². The quantitative estimate of drug-likeness (QED) is 0.463. The summed E-state index contributed by atoms with van der Waals surface area (Å²) in [5, 5.41) is 10.9. The van der Waals surface area contributed by atoms with Gasteiger partial charge in [0.15, 0.2) is 0 Å². The average Bonchev–Trinajstić information content (AvgIpc) is 3.39. The number of hydrogen-bond donors (Lipinski definition) is 4. The van der Waals surface area contributed by atoms with Gasteiger partial charge >= 0.3 is 0 Å². The van der Waals surface area contributed by atoms with Crippen molar-refractivity contribution in [3.8, 4) is 0 Å². The third-order valence-electron chi connectivity index (χ3n) is 7.26. The Hall–Kier alpha value is -0.280. The van der Waals surface area contributed by atoms with Gasteiger partial charge in [-0.25, -0.2) is 0 Å². The van der Waals surface area contributed by atoms with Crippen LogP contribution < -0.4 is 21.4 Å². The maximum absolute atomic E-state index is 6.09. The Morgan fingerprint density at radius 1 is 1.11 bits per heavy atom. The number of piperidine rings is 1. The zero-order chi connectivity index (χ0) is 19.2. The maximum atomic E-state index is 6.09. The van der Waals surface area contributed by atoms with E-state index in [-0.39, 0.29) is 12.4 Å². The Morgan fingerprint density at radius 2 is 2.00 bits per heavy atom. The van der Waals surface area contributed by atoms with Gasteiger partial charge in [-0.3, -0.25) is 20.4 Å². The summed E-state index contributed by atoms with van der Waals surface area (Å²) in [5.41, 5.74) is 3.35. The van der Waals surface area contributed by atoms with Gasteiger partial charge in [0.2, 0.25) is 0 Å². The fourth-order valence-electron chi connectivity index (χ4n) is 5.68. The first-order chi connectivity index (χ1) is 13.8. The van der Waals surface area contributed by atoms with Crippen molar-refractivity contribution in [2.75, 3.05) is 39.9 Å². The monoisotopic (exact) mass is 395 g/mol. The van der Waals surface area contributed by atoms with Crippen LogP contribution in [0.1, 0.15) is 57.8 Å². The lowest BCUT2D eigenvalue weighted by Gasteiger charge is -2.35. The number of methoxy groups -OCH3 is 1. The second-order valence-electron chi connectivity index (χ2n) is 9.25. The normalized spacial score (nSPS) is 38.2. The Morgan fingerprint density at radius 3 is 2.86 bits per heavy atom. The predicted molar refractivity (Wildman–Crippen MR) is 110 cm³/mol. The zero-order valence-corrected chi connectivity index (χ0v) is 17.6. The molecule has 5 atom stereocenters. The molecule has 0 bridgehead atoms. The van der Waals surface area contributed by atoms with Gasteiger partial charge in [-0.1, -0.05) is 19.3 Å². The standard InChI is InChI=1S/C21H41N5O2/c1-27-13-11-23-19-14-17(9-10-22-19)20-24-21(28-25-20)18-8-5-12-26(18)15-16-6-3-2-4-7-16/h16-25H,2-15H2,1H3/t17?,18-,19?,20?,21?/m1/s1. The second-order valence-corrected chi connectivity index (χ2v) is 9.25. The van der Waals surface area contributed by atoms with Crippen molar-refractivity contribution in [1.29, 1.82) is 0 Å². The van der Waals surface area contributed by atoms with Gasteiger partial charge in [-0.2, -0.15) is 5.48 Å². The van der Waals surface area contributed by atoms with Crippen molar-refractivity contribution in [3.05, 3.63) is 0 Å². The largest absolute Gasteiger partial charge is 0.383 e. The van der Waals surface area contributed by atoms with E-state index in [1.54, 1.807) is 7.11 Å². The number of nitrogens with one attached hydrogen (secondary N) is 4. The van der Waals surface area contributed by atoms with Gasteiger partial charge in [0.05, 0.1) is 25.0 Å². The van der Waals surface area contributed by atoms with E-state index in [1.165, 1.54) is 64.5 Å². The van der Waals surface area contributed by atoms with E-state index in [2.05, 4.69) is 26.3 Å². The number of ether oxygens (including phenoxy) is 1. The van der Waals surface area contributed by atoms with Gasteiger partial charge in [0, 0.05) is 20.2 Å². The Kier molecular flexibility index (Phi) is 7.98. The van der Waals surface area contributed by atoms with Crippen LogP contribution >= 0.6 is 0 Å². The molecule has 0 spiro atoms. The molecule has 7 nitrogen and oxygen atoms in total. The molecule has 4 fully saturated rings. The van der Waals surface area contributed by atoms with E-state index in [9.17, 15) is 0 Å². The highest BCUT2D eigenvalue weighted by Gasteiger charge is 2.41. The highest BCUT2D eigenvalue weighted by Crippen LogP contribution is 2.30. The Bertz CT molecular complexity index is 462. The number of nitrogens with zero attached hydrogens (tertiary/aromatic N) is 1. The molecule has 4 rings (SSSR count). The fraction of sp³-hybridized carbons (Fsp3) is 1.00. The molecule has 28 heavy (non-hydrogen) atoms. The number of hydroxylamine groups is 1.